The van der Waals surface area contributed by atoms with E-state index in [1.54, 1.807) is 12.3 Å². The second-order valence-electron chi connectivity index (χ2n) is 4.68. The topological polar surface area (TPSA) is 45.4 Å². The van der Waals surface area contributed by atoms with Crippen LogP contribution in [0.2, 0.25) is 5.02 Å². The van der Waals surface area contributed by atoms with Crippen LogP contribution in [0.25, 0.3) is 0 Å². The molecule has 1 fully saturated rings. The molecule has 0 aromatic carbocycles. The van der Waals surface area contributed by atoms with Crippen molar-refractivity contribution < 1.29 is 0 Å². The van der Waals surface area contributed by atoms with Crippen LogP contribution in [0.3, 0.4) is 0 Å². The molecule has 2 rings (SSSR count). The molecule has 2 N–H and O–H groups in total. The highest BCUT2D eigenvalue weighted by Crippen LogP contribution is 2.28. The van der Waals surface area contributed by atoms with Crippen molar-refractivity contribution in [2.24, 2.45) is 0 Å². The van der Waals surface area contributed by atoms with Gasteiger partial charge in [-0.25, -0.2) is 4.98 Å². The van der Waals surface area contributed by atoms with Crippen molar-refractivity contribution in [3.63, 3.8) is 0 Å². The van der Waals surface area contributed by atoms with Crippen LogP contribution in [-0.4, -0.2) is 42.1 Å². The van der Waals surface area contributed by atoms with Crippen LogP contribution >= 0.6 is 11.6 Å². The first kappa shape index (κ1) is 13.4. The molecule has 1 aromatic rings. The van der Waals surface area contributed by atoms with E-state index in [-0.39, 0.29) is 0 Å². The van der Waals surface area contributed by atoms with Gasteiger partial charge in [-0.05, 0) is 25.6 Å². The summed E-state index contributed by atoms with van der Waals surface area (Å²) in [5.41, 5.74) is 6.29. The Labute approximate surface area is 114 Å². The smallest absolute Gasteiger partial charge is 0.147 e. The van der Waals surface area contributed by atoms with E-state index < -0.39 is 0 Å². The quantitative estimate of drug-likeness (QED) is 0.910. The molecule has 5 heteroatoms. The predicted molar refractivity (Wildman–Crippen MR) is 77.2 cm³/mol. The molecule has 0 aliphatic carbocycles. The van der Waals surface area contributed by atoms with E-state index in [2.05, 4.69) is 28.6 Å². The van der Waals surface area contributed by atoms with Crippen LogP contribution in [0.4, 0.5) is 11.5 Å². The molecule has 1 atom stereocenters. The normalized spacial score (nSPS) is 19.8. The van der Waals surface area contributed by atoms with Gasteiger partial charge in [0.15, 0.2) is 0 Å². The Kier molecular flexibility index (Phi) is 4.30. The molecule has 18 heavy (non-hydrogen) atoms. The zero-order chi connectivity index (χ0) is 13.1. The summed E-state index contributed by atoms with van der Waals surface area (Å²) in [4.78, 5) is 9.10. The number of hydrogen-bond donors (Lipinski definition) is 1. The highest BCUT2D eigenvalue weighted by atomic mass is 35.5. The SMILES string of the molecule is CCN(CC)C1CCN(c2ncc(N)cc2Cl)C1. The number of nitrogen functional groups attached to an aromatic ring is 1. The lowest BCUT2D eigenvalue weighted by molar-refractivity contribution is 0.232. The molecule has 1 saturated heterocycles. The van der Waals surface area contributed by atoms with Crippen molar-refractivity contribution in [2.45, 2.75) is 26.3 Å². The molecule has 0 bridgehead atoms. The predicted octanol–water partition coefficient (Wildman–Crippen LogP) is 2.24. The van der Waals surface area contributed by atoms with Crippen LogP contribution in [0.5, 0.6) is 0 Å². The minimum Gasteiger partial charge on any atom is -0.397 e. The van der Waals surface area contributed by atoms with Gasteiger partial charge >= 0.3 is 0 Å². The molecule has 1 unspecified atom stereocenters. The molecule has 100 valence electrons. The third-order valence-corrected chi connectivity index (χ3v) is 3.91. The van der Waals surface area contributed by atoms with Gasteiger partial charge in [0.05, 0.1) is 16.9 Å². The molecule has 1 aromatic heterocycles. The number of anilines is 2. The number of rotatable bonds is 4. The Balaban J connectivity index is 2.08. The first-order valence-electron chi connectivity index (χ1n) is 6.55. The number of nitrogens with zero attached hydrogens (tertiary/aromatic N) is 3. The fourth-order valence-electron chi connectivity index (χ4n) is 2.65. The van der Waals surface area contributed by atoms with Crippen LogP contribution < -0.4 is 10.6 Å². The summed E-state index contributed by atoms with van der Waals surface area (Å²) in [5.74, 6) is 0.862. The average Bonchev–Trinajstić information content (AvgIpc) is 2.80. The lowest BCUT2D eigenvalue weighted by Gasteiger charge is -2.26. The Hall–Kier alpha value is -1.00. The average molecular weight is 269 g/mol. The van der Waals surface area contributed by atoms with Gasteiger partial charge in [0, 0.05) is 19.1 Å². The zero-order valence-corrected chi connectivity index (χ0v) is 11.8. The lowest BCUT2D eigenvalue weighted by Crippen LogP contribution is -2.37. The third-order valence-electron chi connectivity index (χ3n) is 3.63. The number of hydrogen-bond acceptors (Lipinski definition) is 4. The van der Waals surface area contributed by atoms with Crippen molar-refractivity contribution in [1.29, 1.82) is 0 Å². The Morgan fingerprint density at radius 3 is 2.83 bits per heavy atom. The molecule has 0 amide bonds. The fraction of sp³-hybridized carbons (Fsp3) is 0.615. The number of pyridine rings is 1. The largest absolute Gasteiger partial charge is 0.397 e. The fourth-order valence-corrected chi connectivity index (χ4v) is 2.94. The highest BCUT2D eigenvalue weighted by molar-refractivity contribution is 6.33. The van der Waals surface area contributed by atoms with Crippen molar-refractivity contribution in [1.82, 2.24) is 9.88 Å². The zero-order valence-electron chi connectivity index (χ0n) is 11.1. The summed E-state index contributed by atoms with van der Waals surface area (Å²) in [6.07, 6.45) is 2.84. The molecule has 0 radical (unpaired) electrons. The lowest BCUT2D eigenvalue weighted by atomic mass is 10.2. The van der Waals surface area contributed by atoms with Gasteiger partial charge in [0.25, 0.3) is 0 Å². The number of aromatic nitrogens is 1. The van der Waals surface area contributed by atoms with Crippen LogP contribution in [0.15, 0.2) is 12.3 Å². The molecule has 1 aliphatic heterocycles. The maximum atomic E-state index is 6.21. The summed E-state index contributed by atoms with van der Waals surface area (Å²) in [6, 6.07) is 2.38. The van der Waals surface area contributed by atoms with Gasteiger partial charge in [-0.3, -0.25) is 4.90 Å². The Morgan fingerprint density at radius 2 is 2.22 bits per heavy atom. The van der Waals surface area contributed by atoms with Crippen molar-refractivity contribution in [3.05, 3.63) is 17.3 Å². The summed E-state index contributed by atoms with van der Waals surface area (Å²) < 4.78 is 0. The summed E-state index contributed by atoms with van der Waals surface area (Å²) in [7, 11) is 0. The molecule has 0 spiro atoms. The summed E-state index contributed by atoms with van der Waals surface area (Å²) in [6.45, 7) is 8.62. The maximum absolute atomic E-state index is 6.21. The second-order valence-corrected chi connectivity index (χ2v) is 5.09. The maximum Gasteiger partial charge on any atom is 0.147 e. The van der Waals surface area contributed by atoms with E-state index in [1.165, 1.54) is 6.42 Å². The Bertz CT molecular complexity index is 406. The van der Waals surface area contributed by atoms with Gasteiger partial charge in [-0.1, -0.05) is 25.4 Å². The first-order valence-corrected chi connectivity index (χ1v) is 6.93. The van der Waals surface area contributed by atoms with E-state index in [0.717, 1.165) is 32.0 Å². The van der Waals surface area contributed by atoms with Gasteiger partial charge < -0.3 is 10.6 Å². The van der Waals surface area contributed by atoms with Crippen LogP contribution in [0, 0.1) is 0 Å². The first-order chi connectivity index (χ1) is 8.65. The van der Waals surface area contributed by atoms with Crippen LogP contribution in [-0.2, 0) is 0 Å². The summed E-state index contributed by atoms with van der Waals surface area (Å²) >= 11 is 6.21. The molecule has 2 heterocycles. The van der Waals surface area contributed by atoms with Crippen molar-refractivity contribution >= 4 is 23.1 Å². The van der Waals surface area contributed by atoms with Gasteiger partial charge in [0.1, 0.15) is 5.82 Å². The van der Waals surface area contributed by atoms with E-state index in [1.807, 2.05) is 0 Å². The van der Waals surface area contributed by atoms with E-state index in [4.69, 9.17) is 17.3 Å². The highest BCUT2D eigenvalue weighted by Gasteiger charge is 2.27. The molecule has 1 aliphatic rings. The van der Waals surface area contributed by atoms with Gasteiger partial charge in [-0.15, -0.1) is 0 Å². The Morgan fingerprint density at radius 1 is 1.50 bits per heavy atom. The number of halogens is 1. The third kappa shape index (κ3) is 2.70. The molecular formula is C13H21ClN4. The van der Waals surface area contributed by atoms with Gasteiger partial charge in [0.2, 0.25) is 0 Å². The number of likely N-dealkylation sites (N-methyl/N-ethyl adjacent to an activating group) is 1. The summed E-state index contributed by atoms with van der Waals surface area (Å²) in [5, 5.41) is 0.648. The van der Waals surface area contributed by atoms with E-state index in [0.29, 0.717) is 16.8 Å². The van der Waals surface area contributed by atoms with Crippen LogP contribution in [0.1, 0.15) is 20.3 Å². The minimum atomic E-state index is 0.607. The standard InChI is InChI=1S/C13H21ClN4/c1-3-17(4-2)11-5-6-18(9-11)13-12(14)7-10(15)8-16-13/h7-8,11H,3-6,9,15H2,1-2H3. The second kappa shape index (κ2) is 5.76. The minimum absolute atomic E-state index is 0.607. The monoisotopic (exact) mass is 268 g/mol. The van der Waals surface area contributed by atoms with Crippen molar-refractivity contribution in [2.75, 3.05) is 36.8 Å². The van der Waals surface area contributed by atoms with Crippen molar-refractivity contribution in [3.8, 4) is 0 Å². The molecular weight excluding hydrogens is 248 g/mol. The molecule has 4 nitrogen and oxygen atoms in total. The van der Waals surface area contributed by atoms with E-state index >= 15 is 0 Å². The molecule has 0 saturated carbocycles. The number of nitrogens with two attached hydrogens (primary N) is 1. The van der Waals surface area contributed by atoms with E-state index in [9.17, 15) is 0 Å². The van der Waals surface area contributed by atoms with Gasteiger partial charge in [-0.2, -0.15) is 0 Å².